The maximum Gasteiger partial charge on any atom is 0.415 e. The monoisotopic (exact) mass is 190 g/mol. The van der Waals surface area contributed by atoms with Crippen molar-refractivity contribution in [2.45, 2.75) is 6.54 Å². The fraction of sp³-hybridized carbons (Fsp3) is 0.111. The Kier molecular flexibility index (Phi) is 1.19. The summed E-state index contributed by atoms with van der Waals surface area (Å²) in [5, 5.41) is 8.79. The standard InChI is InChI=1S/C9H6N2O3/c12-9(13)11-3-7-5-1-10-2-6(5)8(4-11)14-7/h1,3-4H,2H2,(H,12,13). The number of carbonyl (C=O) groups is 1. The quantitative estimate of drug-likeness (QED) is 0.609. The van der Waals surface area contributed by atoms with Crippen LogP contribution in [0, 0.1) is 0 Å². The first-order valence-electron chi connectivity index (χ1n) is 4.12. The van der Waals surface area contributed by atoms with Gasteiger partial charge >= 0.3 is 6.09 Å². The molecule has 0 saturated heterocycles. The molecule has 2 aliphatic rings. The lowest BCUT2D eigenvalue weighted by atomic mass is 10.2. The highest BCUT2D eigenvalue weighted by atomic mass is 16.4. The highest BCUT2D eigenvalue weighted by molar-refractivity contribution is 5.86. The molecule has 70 valence electrons. The summed E-state index contributed by atoms with van der Waals surface area (Å²) in [6, 6.07) is 0. The van der Waals surface area contributed by atoms with Gasteiger partial charge in [0.1, 0.15) is 5.42 Å². The summed E-state index contributed by atoms with van der Waals surface area (Å²) in [4.78, 5) is 15.9. The maximum atomic E-state index is 10.7. The molecule has 3 heterocycles. The van der Waals surface area contributed by atoms with Crippen LogP contribution in [0.25, 0.3) is 12.4 Å². The van der Waals surface area contributed by atoms with Gasteiger partial charge in [-0.3, -0.25) is 9.89 Å². The molecule has 0 saturated carbocycles. The van der Waals surface area contributed by atoms with Gasteiger partial charge in [-0.25, -0.2) is 4.79 Å². The lowest BCUT2D eigenvalue weighted by Crippen LogP contribution is -2.26. The van der Waals surface area contributed by atoms with E-state index in [1.54, 1.807) is 6.21 Å². The zero-order chi connectivity index (χ0) is 9.71. The Balaban J connectivity index is 2.31. The molecule has 0 fully saturated rings. The van der Waals surface area contributed by atoms with Crippen molar-refractivity contribution >= 4 is 24.7 Å². The Hall–Kier alpha value is -2.04. The largest absolute Gasteiger partial charge is 0.464 e. The summed E-state index contributed by atoms with van der Waals surface area (Å²) in [6.45, 7) is 0.575. The Morgan fingerprint density at radius 2 is 2.29 bits per heavy atom. The molecule has 2 bridgehead atoms. The SMILES string of the molecule is O=C(O)N1C=c2oc(c3c2C=NC3)=C1. The number of fused-ring (bicyclic) bond motifs is 5. The molecule has 0 aliphatic carbocycles. The first-order chi connectivity index (χ1) is 6.75. The van der Waals surface area contributed by atoms with E-state index in [-0.39, 0.29) is 0 Å². The fourth-order valence-corrected chi connectivity index (χ4v) is 1.65. The van der Waals surface area contributed by atoms with Gasteiger partial charge in [0.05, 0.1) is 18.9 Å². The number of aliphatic imine (C=N–C) groups is 1. The Morgan fingerprint density at radius 3 is 3.07 bits per heavy atom. The van der Waals surface area contributed by atoms with Crippen molar-refractivity contribution in [1.29, 1.82) is 0 Å². The summed E-state index contributed by atoms with van der Waals surface area (Å²) < 4.78 is 5.40. The van der Waals surface area contributed by atoms with E-state index in [1.165, 1.54) is 12.4 Å². The van der Waals surface area contributed by atoms with Gasteiger partial charge in [0.25, 0.3) is 0 Å². The third kappa shape index (κ3) is 0.783. The van der Waals surface area contributed by atoms with E-state index in [2.05, 4.69) is 4.99 Å². The number of hydrogen-bond donors (Lipinski definition) is 1. The molecule has 3 rings (SSSR count). The van der Waals surface area contributed by atoms with Crippen molar-refractivity contribution in [1.82, 2.24) is 4.90 Å². The van der Waals surface area contributed by atoms with Gasteiger partial charge < -0.3 is 9.52 Å². The van der Waals surface area contributed by atoms with Crippen molar-refractivity contribution in [3.05, 3.63) is 22.0 Å². The van der Waals surface area contributed by atoms with E-state index >= 15 is 0 Å². The third-order valence-electron chi connectivity index (χ3n) is 2.31. The molecule has 0 unspecified atom stereocenters. The van der Waals surface area contributed by atoms with E-state index in [0.29, 0.717) is 17.4 Å². The Bertz CT molecular complexity index is 568. The summed E-state index contributed by atoms with van der Waals surface area (Å²) in [5.41, 5.74) is 3.04. The van der Waals surface area contributed by atoms with E-state index in [0.717, 1.165) is 16.0 Å². The maximum absolute atomic E-state index is 10.7. The molecule has 1 aromatic heterocycles. The van der Waals surface area contributed by atoms with E-state index in [1.807, 2.05) is 0 Å². The van der Waals surface area contributed by atoms with Crippen LogP contribution in [0.2, 0.25) is 0 Å². The predicted molar refractivity (Wildman–Crippen MR) is 48.0 cm³/mol. The smallest absolute Gasteiger partial charge is 0.415 e. The molecular formula is C9H6N2O3. The number of rotatable bonds is 0. The van der Waals surface area contributed by atoms with Gasteiger partial charge in [-0.2, -0.15) is 0 Å². The van der Waals surface area contributed by atoms with Gasteiger partial charge in [-0.15, -0.1) is 0 Å². The van der Waals surface area contributed by atoms with E-state index in [4.69, 9.17) is 9.52 Å². The summed E-state index contributed by atoms with van der Waals surface area (Å²) in [6.07, 6.45) is 3.61. The average molecular weight is 190 g/mol. The predicted octanol–water partition coefficient (Wildman–Crippen LogP) is -0.318. The molecular weight excluding hydrogens is 184 g/mol. The molecule has 1 N–H and O–H groups in total. The molecule has 0 atom stereocenters. The van der Waals surface area contributed by atoms with Crippen LogP contribution >= 0.6 is 0 Å². The summed E-state index contributed by atoms with van der Waals surface area (Å²) >= 11 is 0. The van der Waals surface area contributed by atoms with Crippen molar-refractivity contribution in [3.8, 4) is 0 Å². The molecule has 2 aliphatic heterocycles. The molecule has 5 nitrogen and oxygen atoms in total. The molecule has 1 aromatic rings. The van der Waals surface area contributed by atoms with Crippen LogP contribution in [0.5, 0.6) is 0 Å². The van der Waals surface area contributed by atoms with Crippen LogP contribution < -0.4 is 10.8 Å². The molecule has 14 heavy (non-hydrogen) atoms. The minimum absolute atomic E-state index is 0.571. The number of amides is 1. The van der Waals surface area contributed by atoms with Crippen molar-refractivity contribution in [2.24, 2.45) is 4.99 Å². The third-order valence-corrected chi connectivity index (χ3v) is 2.31. The molecule has 0 spiro atoms. The van der Waals surface area contributed by atoms with Crippen LogP contribution in [0.3, 0.4) is 0 Å². The van der Waals surface area contributed by atoms with Crippen molar-refractivity contribution < 1.29 is 14.3 Å². The molecule has 1 amide bonds. The second-order valence-corrected chi connectivity index (χ2v) is 3.14. The van der Waals surface area contributed by atoms with Crippen LogP contribution in [-0.2, 0) is 6.54 Å². The minimum atomic E-state index is -1.01. The van der Waals surface area contributed by atoms with Crippen LogP contribution in [0.15, 0.2) is 9.41 Å². The van der Waals surface area contributed by atoms with Gasteiger partial charge in [-0.05, 0) is 0 Å². The van der Waals surface area contributed by atoms with Crippen molar-refractivity contribution in [2.75, 3.05) is 0 Å². The highest BCUT2D eigenvalue weighted by Crippen LogP contribution is 2.09. The normalized spacial score (nSPS) is 16.1. The molecule has 0 radical (unpaired) electrons. The van der Waals surface area contributed by atoms with Crippen LogP contribution in [0.4, 0.5) is 4.79 Å². The Labute approximate surface area is 78.3 Å². The number of nitrogens with zero attached hydrogens (tertiary/aromatic N) is 2. The Morgan fingerprint density at radius 1 is 1.50 bits per heavy atom. The lowest BCUT2D eigenvalue weighted by Gasteiger charge is -2.07. The summed E-state index contributed by atoms with van der Waals surface area (Å²) in [7, 11) is 0. The van der Waals surface area contributed by atoms with E-state index in [9.17, 15) is 4.79 Å². The number of carboxylic acid groups (broad SMARTS) is 1. The minimum Gasteiger partial charge on any atom is -0.464 e. The van der Waals surface area contributed by atoms with Crippen LogP contribution in [-0.4, -0.2) is 22.3 Å². The number of hydrogen-bond acceptors (Lipinski definition) is 3. The molecule has 5 heteroatoms. The van der Waals surface area contributed by atoms with Crippen LogP contribution in [0.1, 0.15) is 11.1 Å². The number of furan rings is 1. The first kappa shape index (κ1) is 7.37. The fourth-order valence-electron chi connectivity index (χ4n) is 1.65. The molecule has 0 aromatic carbocycles. The second-order valence-electron chi connectivity index (χ2n) is 3.14. The average Bonchev–Trinajstić information content (AvgIpc) is 2.71. The van der Waals surface area contributed by atoms with Gasteiger partial charge in [-0.1, -0.05) is 0 Å². The van der Waals surface area contributed by atoms with Gasteiger partial charge in [0, 0.05) is 17.3 Å². The zero-order valence-corrected chi connectivity index (χ0v) is 7.10. The second kappa shape index (κ2) is 2.25. The van der Waals surface area contributed by atoms with E-state index < -0.39 is 6.09 Å². The van der Waals surface area contributed by atoms with Gasteiger partial charge in [0.2, 0.25) is 0 Å². The topological polar surface area (TPSA) is 66.0 Å². The van der Waals surface area contributed by atoms with Gasteiger partial charge in [0.15, 0.2) is 5.42 Å². The highest BCUT2D eigenvalue weighted by Gasteiger charge is 2.20. The lowest BCUT2D eigenvalue weighted by molar-refractivity contribution is 0.180. The first-order valence-corrected chi connectivity index (χ1v) is 4.12. The summed E-state index contributed by atoms with van der Waals surface area (Å²) in [5.74, 6) is 0. The zero-order valence-electron chi connectivity index (χ0n) is 7.10. The van der Waals surface area contributed by atoms with Crippen molar-refractivity contribution in [3.63, 3.8) is 0 Å².